The maximum Gasteiger partial charge on any atom is 0.257 e. The van der Waals surface area contributed by atoms with E-state index < -0.39 is 0 Å². The third kappa shape index (κ3) is 4.27. The van der Waals surface area contributed by atoms with Crippen LogP contribution in [0.3, 0.4) is 0 Å². The number of hydrogen-bond donors (Lipinski definition) is 1. The van der Waals surface area contributed by atoms with Crippen molar-refractivity contribution in [1.82, 2.24) is 4.98 Å². The lowest BCUT2D eigenvalue weighted by Crippen LogP contribution is -2.12. The molecular weight excluding hydrogens is 392 g/mol. The van der Waals surface area contributed by atoms with Crippen LogP contribution < -0.4 is 24.3 Å². The summed E-state index contributed by atoms with van der Waals surface area (Å²) in [5.41, 5.74) is 3.12. The SMILES string of the molecule is COc1ccc(-c2csc(NC(=O)c3cc(OC)c(OC)c(OC)c3)n2)cc1C. The Hall–Kier alpha value is -3.26. The number of thiazole rings is 1. The van der Waals surface area contributed by atoms with Gasteiger partial charge in [0, 0.05) is 16.5 Å². The molecule has 3 aromatic rings. The van der Waals surface area contributed by atoms with Crippen LogP contribution in [-0.4, -0.2) is 39.3 Å². The Balaban J connectivity index is 1.83. The van der Waals surface area contributed by atoms with Crippen molar-refractivity contribution >= 4 is 22.4 Å². The van der Waals surface area contributed by atoms with E-state index in [4.69, 9.17) is 18.9 Å². The molecule has 2 aromatic carbocycles. The number of benzene rings is 2. The molecule has 0 spiro atoms. The van der Waals surface area contributed by atoms with Gasteiger partial charge in [-0.25, -0.2) is 4.98 Å². The molecule has 1 N–H and O–H groups in total. The average Bonchev–Trinajstić information content (AvgIpc) is 3.20. The first-order valence-corrected chi connectivity index (χ1v) is 9.60. The Kier molecular flexibility index (Phi) is 6.23. The van der Waals surface area contributed by atoms with Gasteiger partial charge in [-0.3, -0.25) is 10.1 Å². The van der Waals surface area contributed by atoms with Crippen molar-refractivity contribution in [2.75, 3.05) is 33.8 Å². The normalized spacial score (nSPS) is 10.4. The molecule has 0 atom stereocenters. The molecule has 0 fully saturated rings. The Morgan fingerprint density at radius 1 is 0.931 bits per heavy atom. The Morgan fingerprint density at radius 2 is 1.59 bits per heavy atom. The molecule has 1 aromatic heterocycles. The van der Waals surface area contributed by atoms with Crippen molar-refractivity contribution in [3.63, 3.8) is 0 Å². The molecule has 8 heteroatoms. The maximum atomic E-state index is 12.7. The molecule has 0 aliphatic heterocycles. The standard InChI is InChI=1S/C21H22N2O5S/c1-12-8-13(6-7-16(12)25-2)15-11-29-21(22-15)23-20(24)14-9-17(26-3)19(28-5)18(10-14)27-4/h6-11H,1-5H3,(H,22,23,24). The zero-order valence-corrected chi connectivity index (χ0v) is 17.7. The second-order valence-electron chi connectivity index (χ2n) is 6.09. The van der Waals surface area contributed by atoms with Gasteiger partial charge in [-0.1, -0.05) is 0 Å². The van der Waals surface area contributed by atoms with Gasteiger partial charge < -0.3 is 18.9 Å². The van der Waals surface area contributed by atoms with Crippen LogP contribution in [0, 0.1) is 6.92 Å². The van der Waals surface area contributed by atoms with E-state index in [0.717, 1.165) is 22.6 Å². The van der Waals surface area contributed by atoms with Crippen molar-refractivity contribution in [2.24, 2.45) is 0 Å². The highest BCUT2D eigenvalue weighted by Crippen LogP contribution is 2.38. The fraction of sp³-hybridized carbons (Fsp3) is 0.238. The minimum Gasteiger partial charge on any atom is -0.496 e. The van der Waals surface area contributed by atoms with Gasteiger partial charge in [-0.15, -0.1) is 11.3 Å². The van der Waals surface area contributed by atoms with Crippen LogP contribution in [0.1, 0.15) is 15.9 Å². The summed E-state index contributed by atoms with van der Waals surface area (Å²) in [7, 11) is 6.16. The molecule has 0 radical (unpaired) electrons. The highest BCUT2D eigenvalue weighted by molar-refractivity contribution is 7.14. The van der Waals surface area contributed by atoms with Gasteiger partial charge >= 0.3 is 0 Å². The number of carbonyl (C=O) groups is 1. The monoisotopic (exact) mass is 414 g/mol. The number of aromatic nitrogens is 1. The maximum absolute atomic E-state index is 12.7. The molecule has 0 unspecified atom stereocenters. The summed E-state index contributed by atoms with van der Waals surface area (Å²) in [6, 6.07) is 9.03. The van der Waals surface area contributed by atoms with E-state index in [9.17, 15) is 4.79 Å². The summed E-state index contributed by atoms with van der Waals surface area (Å²) in [6.07, 6.45) is 0. The molecule has 0 aliphatic carbocycles. The smallest absolute Gasteiger partial charge is 0.257 e. The van der Waals surface area contributed by atoms with Crippen LogP contribution in [-0.2, 0) is 0 Å². The summed E-state index contributed by atoms with van der Waals surface area (Å²) < 4.78 is 21.2. The highest BCUT2D eigenvalue weighted by Gasteiger charge is 2.18. The molecule has 0 saturated carbocycles. The average molecular weight is 414 g/mol. The van der Waals surface area contributed by atoms with Gasteiger partial charge in [0.15, 0.2) is 16.6 Å². The Morgan fingerprint density at radius 3 is 2.14 bits per heavy atom. The number of aryl methyl sites for hydroxylation is 1. The van der Waals surface area contributed by atoms with E-state index in [-0.39, 0.29) is 5.91 Å². The number of nitrogens with one attached hydrogen (secondary N) is 1. The lowest BCUT2D eigenvalue weighted by Gasteiger charge is -2.13. The summed E-state index contributed by atoms with van der Waals surface area (Å²) in [5, 5.41) is 5.21. The summed E-state index contributed by atoms with van der Waals surface area (Å²) in [6.45, 7) is 1.97. The number of ether oxygens (including phenoxy) is 4. The van der Waals surface area contributed by atoms with Gasteiger partial charge in [0.2, 0.25) is 5.75 Å². The fourth-order valence-corrected chi connectivity index (χ4v) is 3.60. The van der Waals surface area contributed by atoms with Crippen LogP contribution in [0.4, 0.5) is 5.13 Å². The minimum atomic E-state index is -0.323. The number of carbonyl (C=O) groups excluding carboxylic acids is 1. The van der Waals surface area contributed by atoms with E-state index in [1.54, 1.807) is 19.2 Å². The first-order chi connectivity index (χ1) is 14.0. The molecule has 1 amide bonds. The lowest BCUT2D eigenvalue weighted by molar-refractivity contribution is 0.102. The van der Waals surface area contributed by atoms with Crippen molar-refractivity contribution in [3.05, 3.63) is 46.8 Å². The van der Waals surface area contributed by atoms with Crippen LogP contribution in [0.5, 0.6) is 23.0 Å². The van der Waals surface area contributed by atoms with E-state index >= 15 is 0 Å². The van der Waals surface area contributed by atoms with Crippen LogP contribution in [0.25, 0.3) is 11.3 Å². The number of methoxy groups -OCH3 is 4. The van der Waals surface area contributed by atoms with Crippen molar-refractivity contribution in [2.45, 2.75) is 6.92 Å². The van der Waals surface area contributed by atoms with Gasteiger partial charge in [0.05, 0.1) is 34.1 Å². The zero-order valence-electron chi connectivity index (χ0n) is 16.9. The van der Waals surface area contributed by atoms with Gasteiger partial charge in [0.1, 0.15) is 5.75 Å². The number of amides is 1. The molecule has 7 nitrogen and oxygen atoms in total. The van der Waals surface area contributed by atoms with E-state index in [0.29, 0.717) is 27.9 Å². The van der Waals surface area contributed by atoms with Crippen molar-refractivity contribution in [1.29, 1.82) is 0 Å². The molecule has 29 heavy (non-hydrogen) atoms. The molecule has 1 heterocycles. The molecule has 0 bridgehead atoms. The molecule has 3 rings (SSSR count). The second-order valence-corrected chi connectivity index (χ2v) is 6.95. The van der Waals surface area contributed by atoms with E-state index in [1.807, 2.05) is 30.5 Å². The Bertz CT molecular complexity index is 1010. The number of rotatable bonds is 7. The summed E-state index contributed by atoms with van der Waals surface area (Å²) in [5.74, 6) is 1.74. The molecule has 0 saturated heterocycles. The van der Waals surface area contributed by atoms with Crippen molar-refractivity contribution in [3.8, 4) is 34.3 Å². The number of nitrogens with zero attached hydrogens (tertiary/aromatic N) is 1. The third-order valence-corrected chi connectivity index (χ3v) is 5.10. The minimum absolute atomic E-state index is 0.323. The van der Waals surface area contributed by atoms with E-state index in [2.05, 4.69) is 10.3 Å². The fourth-order valence-electron chi connectivity index (χ4n) is 2.88. The Labute approximate surface area is 173 Å². The van der Waals surface area contributed by atoms with Crippen molar-refractivity contribution < 1.29 is 23.7 Å². The topological polar surface area (TPSA) is 78.9 Å². The summed E-state index contributed by atoms with van der Waals surface area (Å²) in [4.78, 5) is 17.2. The molecule has 0 aliphatic rings. The third-order valence-electron chi connectivity index (χ3n) is 4.34. The van der Waals surface area contributed by atoms with Gasteiger partial charge in [0.25, 0.3) is 5.91 Å². The highest BCUT2D eigenvalue weighted by atomic mass is 32.1. The zero-order chi connectivity index (χ0) is 21.0. The lowest BCUT2D eigenvalue weighted by atomic mass is 10.1. The predicted molar refractivity (Wildman–Crippen MR) is 113 cm³/mol. The van der Waals surface area contributed by atoms with Crippen LogP contribution >= 0.6 is 11.3 Å². The second kappa shape index (κ2) is 8.83. The first-order valence-electron chi connectivity index (χ1n) is 8.72. The van der Waals surface area contributed by atoms with Gasteiger partial charge in [-0.05, 0) is 42.8 Å². The predicted octanol–water partition coefficient (Wildman–Crippen LogP) is 4.41. The quantitative estimate of drug-likeness (QED) is 0.617. The van der Waals surface area contributed by atoms with E-state index in [1.165, 1.54) is 32.7 Å². The number of anilines is 1. The largest absolute Gasteiger partial charge is 0.496 e. The molecular formula is C21H22N2O5S. The van der Waals surface area contributed by atoms with Gasteiger partial charge in [-0.2, -0.15) is 0 Å². The van der Waals surface area contributed by atoms with Crippen LogP contribution in [0.15, 0.2) is 35.7 Å². The summed E-state index contributed by atoms with van der Waals surface area (Å²) >= 11 is 1.35. The van der Waals surface area contributed by atoms with Crippen LogP contribution in [0.2, 0.25) is 0 Å². The number of hydrogen-bond acceptors (Lipinski definition) is 7. The molecule has 152 valence electrons. The first kappa shape index (κ1) is 20.5.